The van der Waals surface area contributed by atoms with Gasteiger partial charge in [0.2, 0.25) is 0 Å². The van der Waals surface area contributed by atoms with E-state index in [1.165, 1.54) is 23.9 Å². The van der Waals surface area contributed by atoms with Gasteiger partial charge in [-0.25, -0.2) is 4.68 Å². The van der Waals surface area contributed by atoms with E-state index in [2.05, 4.69) is 5.10 Å². The Bertz CT molecular complexity index is 587. The minimum absolute atomic E-state index is 0.110. The third kappa shape index (κ3) is 1.97. The highest BCUT2D eigenvalue weighted by molar-refractivity contribution is 5.54. The van der Waals surface area contributed by atoms with E-state index in [4.69, 9.17) is 10.5 Å². The fraction of sp³-hybridized carbons (Fsp3) is 0.182. The molecule has 2 N–H and O–H groups in total. The van der Waals surface area contributed by atoms with Crippen molar-refractivity contribution >= 4 is 11.4 Å². The molecule has 94 valence electrons. The number of hydrogen-bond acceptors (Lipinski definition) is 5. The summed E-state index contributed by atoms with van der Waals surface area (Å²) in [5, 5.41) is 15.1. The van der Waals surface area contributed by atoms with Crippen molar-refractivity contribution in [1.29, 1.82) is 0 Å². The van der Waals surface area contributed by atoms with Crippen molar-refractivity contribution in [3.8, 4) is 11.4 Å². The van der Waals surface area contributed by atoms with E-state index in [0.717, 1.165) is 0 Å². The van der Waals surface area contributed by atoms with E-state index in [9.17, 15) is 10.1 Å². The molecule has 0 saturated heterocycles. The lowest BCUT2D eigenvalue weighted by Gasteiger charge is -2.04. The summed E-state index contributed by atoms with van der Waals surface area (Å²) in [5.41, 5.74) is 7.35. The van der Waals surface area contributed by atoms with E-state index in [1.54, 1.807) is 19.2 Å². The molecule has 0 aliphatic rings. The zero-order valence-electron chi connectivity index (χ0n) is 9.95. The zero-order valence-corrected chi connectivity index (χ0v) is 9.95. The Kier molecular flexibility index (Phi) is 2.88. The molecule has 7 heteroatoms. The fourth-order valence-corrected chi connectivity index (χ4v) is 1.57. The summed E-state index contributed by atoms with van der Waals surface area (Å²) in [7, 11) is 1.39. The van der Waals surface area contributed by atoms with Gasteiger partial charge in [-0.2, -0.15) is 5.10 Å². The van der Waals surface area contributed by atoms with Gasteiger partial charge in [0.1, 0.15) is 0 Å². The lowest BCUT2D eigenvalue weighted by molar-refractivity contribution is -0.385. The monoisotopic (exact) mass is 248 g/mol. The van der Waals surface area contributed by atoms with Crippen LogP contribution in [0.4, 0.5) is 11.4 Å². The van der Waals surface area contributed by atoms with Crippen molar-refractivity contribution in [2.75, 3.05) is 12.8 Å². The van der Waals surface area contributed by atoms with Crippen LogP contribution in [0.25, 0.3) is 5.69 Å². The van der Waals surface area contributed by atoms with Gasteiger partial charge in [0.05, 0.1) is 35.3 Å². The summed E-state index contributed by atoms with van der Waals surface area (Å²) in [6, 6.07) is 4.60. The molecular formula is C11H12N4O3. The van der Waals surface area contributed by atoms with Gasteiger partial charge in [-0.15, -0.1) is 0 Å². The first-order chi connectivity index (χ1) is 8.52. The molecule has 2 rings (SSSR count). The number of nitrogen functional groups attached to an aromatic ring is 1. The molecule has 1 heterocycles. The predicted molar refractivity (Wildman–Crippen MR) is 65.9 cm³/mol. The molecule has 0 radical (unpaired) electrons. The zero-order chi connectivity index (χ0) is 13.3. The molecule has 0 fully saturated rings. The molecule has 7 nitrogen and oxygen atoms in total. The van der Waals surface area contributed by atoms with Gasteiger partial charge in [0.15, 0.2) is 5.75 Å². The summed E-state index contributed by atoms with van der Waals surface area (Å²) in [6.45, 7) is 1.77. The molecule has 0 saturated carbocycles. The number of nitrogens with two attached hydrogens (primary N) is 1. The molecule has 2 aromatic rings. The summed E-state index contributed by atoms with van der Waals surface area (Å²) < 4.78 is 6.43. The summed E-state index contributed by atoms with van der Waals surface area (Å²) in [4.78, 5) is 10.4. The highest BCUT2D eigenvalue weighted by Gasteiger charge is 2.16. The molecule has 0 amide bonds. The molecule has 0 atom stereocenters. The van der Waals surface area contributed by atoms with E-state index in [1.807, 2.05) is 0 Å². The van der Waals surface area contributed by atoms with Crippen LogP contribution in [-0.2, 0) is 0 Å². The first-order valence-electron chi connectivity index (χ1n) is 5.17. The number of benzene rings is 1. The quantitative estimate of drug-likeness (QED) is 0.658. The summed E-state index contributed by atoms with van der Waals surface area (Å²) in [5.74, 6) is 0.209. The first-order valence-corrected chi connectivity index (χ1v) is 5.17. The third-order valence-corrected chi connectivity index (χ3v) is 2.56. The van der Waals surface area contributed by atoms with Crippen LogP contribution < -0.4 is 10.5 Å². The van der Waals surface area contributed by atoms with Crippen LogP contribution in [-0.4, -0.2) is 21.8 Å². The van der Waals surface area contributed by atoms with E-state index >= 15 is 0 Å². The molecule has 0 aliphatic heterocycles. The predicted octanol–water partition coefficient (Wildman–Crippen LogP) is 1.68. The van der Waals surface area contributed by atoms with E-state index < -0.39 is 4.92 Å². The fourth-order valence-electron chi connectivity index (χ4n) is 1.57. The second-order valence-electron chi connectivity index (χ2n) is 3.73. The van der Waals surface area contributed by atoms with Crippen molar-refractivity contribution < 1.29 is 9.66 Å². The molecule has 0 spiro atoms. The number of nitrogens with zero attached hydrogens (tertiary/aromatic N) is 3. The average Bonchev–Trinajstić information content (AvgIpc) is 2.68. The van der Waals surface area contributed by atoms with Gasteiger partial charge in [-0.3, -0.25) is 10.1 Å². The van der Waals surface area contributed by atoms with E-state index in [0.29, 0.717) is 17.1 Å². The smallest absolute Gasteiger partial charge is 0.313 e. The second-order valence-corrected chi connectivity index (χ2v) is 3.73. The van der Waals surface area contributed by atoms with Crippen molar-refractivity contribution in [1.82, 2.24) is 9.78 Å². The number of methoxy groups -OCH3 is 1. The maximum Gasteiger partial charge on any atom is 0.313 e. The molecule has 0 aliphatic carbocycles. The Morgan fingerprint density at radius 1 is 1.50 bits per heavy atom. The van der Waals surface area contributed by atoms with Crippen molar-refractivity contribution in [3.05, 3.63) is 40.2 Å². The van der Waals surface area contributed by atoms with Crippen LogP contribution in [0.5, 0.6) is 5.75 Å². The number of rotatable bonds is 3. The Balaban J connectivity index is 2.53. The molecule has 1 aromatic carbocycles. The third-order valence-electron chi connectivity index (χ3n) is 2.56. The number of nitro benzene ring substituents is 1. The second kappa shape index (κ2) is 4.36. The standard InChI is InChI=1S/C11H12N4O3/c1-7-9(12)6-14(13-7)8-3-4-11(18-2)10(5-8)15(16)17/h3-6H,12H2,1-2H3. The van der Waals surface area contributed by atoms with Crippen LogP contribution in [0.15, 0.2) is 24.4 Å². The highest BCUT2D eigenvalue weighted by Crippen LogP contribution is 2.29. The highest BCUT2D eigenvalue weighted by atomic mass is 16.6. The van der Waals surface area contributed by atoms with Crippen LogP contribution >= 0.6 is 0 Å². The molecule has 0 bridgehead atoms. The number of nitro groups is 1. The maximum absolute atomic E-state index is 10.9. The van der Waals surface area contributed by atoms with E-state index in [-0.39, 0.29) is 11.4 Å². The van der Waals surface area contributed by atoms with Crippen molar-refractivity contribution in [2.45, 2.75) is 6.92 Å². The Morgan fingerprint density at radius 3 is 2.72 bits per heavy atom. The normalized spacial score (nSPS) is 10.3. The van der Waals surface area contributed by atoms with Crippen LogP contribution in [0.2, 0.25) is 0 Å². The van der Waals surface area contributed by atoms with Gasteiger partial charge < -0.3 is 10.5 Å². The average molecular weight is 248 g/mol. The Hall–Kier alpha value is -2.57. The van der Waals surface area contributed by atoms with Gasteiger partial charge >= 0.3 is 5.69 Å². The minimum Gasteiger partial charge on any atom is -0.490 e. The van der Waals surface area contributed by atoms with Crippen LogP contribution in [0, 0.1) is 17.0 Å². The number of aromatic nitrogens is 2. The SMILES string of the molecule is COc1ccc(-n2cc(N)c(C)n2)cc1[N+](=O)[O-]. The minimum atomic E-state index is -0.498. The topological polar surface area (TPSA) is 96.2 Å². The van der Waals surface area contributed by atoms with Crippen molar-refractivity contribution in [2.24, 2.45) is 0 Å². The lowest BCUT2D eigenvalue weighted by Crippen LogP contribution is -1.99. The molecule has 1 aromatic heterocycles. The van der Waals surface area contributed by atoms with Gasteiger partial charge in [0, 0.05) is 6.07 Å². The Morgan fingerprint density at radius 2 is 2.22 bits per heavy atom. The van der Waals surface area contributed by atoms with Crippen molar-refractivity contribution in [3.63, 3.8) is 0 Å². The molecule has 0 unspecified atom stereocenters. The number of aryl methyl sites for hydroxylation is 1. The van der Waals surface area contributed by atoms with Gasteiger partial charge in [0.25, 0.3) is 0 Å². The van der Waals surface area contributed by atoms with Gasteiger partial charge in [-0.05, 0) is 19.1 Å². The van der Waals surface area contributed by atoms with Gasteiger partial charge in [-0.1, -0.05) is 0 Å². The largest absolute Gasteiger partial charge is 0.490 e. The first kappa shape index (κ1) is 11.9. The maximum atomic E-state index is 10.9. The summed E-state index contributed by atoms with van der Waals surface area (Å²) >= 11 is 0. The van der Waals surface area contributed by atoms with Crippen LogP contribution in [0.3, 0.4) is 0 Å². The molecule has 18 heavy (non-hydrogen) atoms. The number of hydrogen-bond donors (Lipinski definition) is 1. The summed E-state index contributed by atoms with van der Waals surface area (Å²) in [6.07, 6.45) is 1.61. The number of ether oxygens (including phenoxy) is 1. The number of anilines is 1. The lowest BCUT2D eigenvalue weighted by atomic mass is 10.2. The Labute approximate surface area is 103 Å². The van der Waals surface area contributed by atoms with Crippen LogP contribution in [0.1, 0.15) is 5.69 Å². The molecular weight excluding hydrogens is 236 g/mol.